The molecule has 0 radical (unpaired) electrons. The number of halogens is 1. The lowest BCUT2D eigenvalue weighted by molar-refractivity contribution is 0.242. The molecule has 0 unspecified atom stereocenters. The van der Waals surface area contributed by atoms with Gasteiger partial charge in [-0.05, 0) is 49.7 Å². The molecule has 116 valence electrons. The van der Waals surface area contributed by atoms with Crippen molar-refractivity contribution in [1.29, 1.82) is 0 Å². The lowest BCUT2D eigenvalue weighted by atomic mass is 9.94. The number of rotatable bonds is 4. The number of carbonyl (C=O) groups excluding carboxylic acids is 1. The predicted molar refractivity (Wildman–Crippen MR) is 84.6 cm³/mol. The molecule has 2 aromatic carbocycles. The topological polar surface area (TPSA) is 50.4 Å². The van der Waals surface area contributed by atoms with Gasteiger partial charge < -0.3 is 15.4 Å². The molecular formula is C17H19FN2O2. The first-order valence-electron chi connectivity index (χ1n) is 6.90. The number of urea groups is 1. The molecule has 0 atom stereocenters. The maximum atomic E-state index is 13.1. The molecule has 5 heteroatoms. The molecule has 0 spiro atoms. The molecule has 2 amide bonds. The average Bonchev–Trinajstić information content (AvgIpc) is 2.46. The van der Waals surface area contributed by atoms with E-state index in [4.69, 9.17) is 4.74 Å². The molecule has 0 aliphatic rings. The molecular weight excluding hydrogens is 283 g/mol. The maximum Gasteiger partial charge on any atom is 0.319 e. The van der Waals surface area contributed by atoms with Crippen LogP contribution in [0.2, 0.25) is 0 Å². The Balaban J connectivity index is 2.05. The van der Waals surface area contributed by atoms with Crippen molar-refractivity contribution in [2.75, 3.05) is 12.4 Å². The van der Waals surface area contributed by atoms with Gasteiger partial charge in [0, 0.05) is 5.69 Å². The molecule has 2 rings (SSSR count). The van der Waals surface area contributed by atoms with Gasteiger partial charge in [-0.2, -0.15) is 0 Å². The minimum absolute atomic E-state index is 0.396. The van der Waals surface area contributed by atoms with Gasteiger partial charge >= 0.3 is 6.03 Å². The summed E-state index contributed by atoms with van der Waals surface area (Å²) in [4.78, 5) is 12.1. The second-order valence-corrected chi connectivity index (χ2v) is 5.44. The quantitative estimate of drug-likeness (QED) is 0.900. The van der Waals surface area contributed by atoms with E-state index in [-0.39, 0.29) is 0 Å². The number of methoxy groups -OCH3 is 1. The zero-order valence-corrected chi connectivity index (χ0v) is 12.8. The minimum atomic E-state index is -0.580. The van der Waals surface area contributed by atoms with Gasteiger partial charge in [-0.25, -0.2) is 9.18 Å². The minimum Gasteiger partial charge on any atom is -0.497 e. The lowest BCUT2D eigenvalue weighted by Crippen LogP contribution is -2.43. The van der Waals surface area contributed by atoms with Crippen LogP contribution < -0.4 is 15.4 Å². The van der Waals surface area contributed by atoms with Gasteiger partial charge in [0.2, 0.25) is 0 Å². The number of benzene rings is 2. The summed E-state index contributed by atoms with van der Waals surface area (Å²) in [6, 6.07) is 12.8. The Hall–Kier alpha value is -2.56. The molecule has 0 bridgehead atoms. The highest BCUT2D eigenvalue weighted by molar-refractivity contribution is 5.89. The van der Waals surface area contributed by atoms with Gasteiger partial charge in [0.05, 0.1) is 12.6 Å². The lowest BCUT2D eigenvalue weighted by Gasteiger charge is -2.27. The maximum absolute atomic E-state index is 13.1. The summed E-state index contributed by atoms with van der Waals surface area (Å²) < 4.78 is 18.2. The fourth-order valence-electron chi connectivity index (χ4n) is 2.09. The van der Waals surface area contributed by atoms with E-state index in [2.05, 4.69) is 10.6 Å². The highest BCUT2D eigenvalue weighted by Crippen LogP contribution is 2.23. The zero-order valence-electron chi connectivity index (χ0n) is 12.8. The van der Waals surface area contributed by atoms with E-state index >= 15 is 0 Å². The van der Waals surface area contributed by atoms with Crippen molar-refractivity contribution in [3.63, 3.8) is 0 Å². The van der Waals surface area contributed by atoms with E-state index in [9.17, 15) is 9.18 Å². The predicted octanol–water partition coefficient (Wildman–Crippen LogP) is 3.89. The smallest absolute Gasteiger partial charge is 0.319 e. The van der Waals surface area contributed by atoms with Crippen LogP contribution in [0, 0.1) is 5.82 Å². The third-order valence-corrected chi connectivity index (χ3v) is 3.32. The second-order valence-electron chi connectivity index (χ2n) is 5.44. The van der Waals surface area contributed by atoms with Crippen LogP contribution in [0.25, 0.3) is 0 Å². The van der Waals surface area contributed by atoms with E-state index in [1.807, 2.05) is 38.1 Å². The van der Waals surface area contributed by atoms with Crippen LogP contribution in [0.1, 0.15) is 19.4 Å². The van der Waals surface area contributed by atoms with Crippen molar-refractivity contribution >= 4 is 11.7 Å². The molecule has 0 aliphatic heterocycles. The fraction of sp³-hybridized carbons (Fsp3) is 0.235. The van der Waals surface area contributed by atoms with E-state index in [0.717, 1.165) is 11.3 Å². The number of anilines is 1. The van der Waals surface area contributed by atoms with Gasteiger partial charge in [0.25, 0.3) is 0 Å². The molecule has 4 nitrogen and oxygen atoms in total. The summed E-state index contributed by atoms with van der Waals surface area (Å²) in [5.74, 6) is 0.357. The molecule has 0 aliphatic carbocycles. The number of amides is 2. The first kappa shape index (κ1) is 15.8. The van der Waals surface area contributed by atoms with Crippen LogP contribution in [0.4, 0.5) is 14.9 Å². The number of hydrogen-bond donors (Lipinski definition) is 2. The summed E-state index contributed by atoms with van der Waals surface area (Å²) >= 11 is 0. The normalized spacial score (nSPS) is 10.9. The Morgan fingerprint density at radius 2 is 1.82 bits per heavy atom. The van der Waals surface area contributed by atoms with Gasteiger partial charge in [0.1, 0.15) is 11.6 Å². The first-order valence-corrected chi connectivity index (χ1v) is 6.90. The molecule has 0 aromatic heterocycles. The highest BCUT2D eigenvalue weighted by atomic mass is 19.1. The van der Waals surface area contributed by atoms with Crippen LogP contribution >= 0.6 is 0 Å². The molecule has 0 saturated heterocycles. The summed E-state index contributed by atoms with van der Waals surface area (Å²) in [6.07, 6.45) is 0. The molecule has 0 saturated carbocycles. The first-order chi connectivity index (χ1) is 10.4. The highest BCUT2D eigenvalue weighted by Gasteiger charge is 2.22. The van der Waals surface area contributed by atoms with Crippen molar-refractivity contribution in [3.8, 4) is 5.75 Å². The summed E-state index contributed by atoms with van der Waals surface area (Å²) in [7, 11) is 1.60. The Kier molecular flexibility index (Phi) is 4.65. The van der Waals surface area contributed by atoms with Gasteiger partial charge in [-0.1, -0.05) is 18.2 Å². The Bertz CT molecular complexity index is 654. The van der Waals surface area contributed by atoms with E-state index in [1.54, 1.807) is 19.2 Å². The Labute approximate surface area is 129 Å². The van der Waals surface area contributed by atoms with E-state index in [1.165, 1.54) is 12.1 Å². The third kappa shape index (κ3) is 3.97. The van der Waals surface area contributed by atoms with Gasteiger partial charge in [-0.15, -0.1) is 0 Å². The van der Waals surface area contributed by atoms with Crippen molar-refractivity contribution in [3.05, 3.63) is 59.9 Å². The van der Waals surface area contributed by atoms with Crippen molar-refractivity contribution in [2.45, 2.75) is 19.4 Å². The van der Waals surface area contributed by atoms with Crippen LogP contribution in [-0.2, 0) is 5.54 Å². The number of nitrogens with one attached hydrogen (secondary N) is 2. The summed E-state index contributed by atoms with van der Waals surface area (Å²) in [6.45, 7) is 3.78. The van der Waals surface area contributed by atoms with Crippen molar-refractivity contribution in [1.82, 2.24) is 5.32 Å². The number of hydrogen-bond acceptors (Lipinski definition) is 2. The second kappa shape index (κ2) is 6.47. The van der Waals surface area contributed by atoms with Crippen LogP contribution in [0.5, 0.6) is 5.75 Å². The molecule has 2 N–H and O–H groups in total. The van der Waals surface area contributed by atoms with Crippen LogP contribution in [0.3, 0.4) is 0 Å². The monoisotopic (exact) mass is 302 g/mol. The SMILES string of the molecule is COc1ccc(C(C)(C)NC(=O)Nc2cccc(F)c2)cc1. The largest absolute Gasteiger partial charge is 0.497 e. The fourth-order valence-corrected chi connectivity index (χ4v) is 2.09. The van der Waals surface area contributed by atoms with Gasteiger partial charge in [0.15, 0.2) is 0 Å². The molecule has 22 heavy (non-hydrogen) atoms. The zero-order chi connectivity index (χ0) is 16.2. The molecule has 0 heterocycles. The molecule has 2 aromatic rings. The van der Waals surface area contributed by atoms with Crippen molar-refractivity contribution < 1.29 is 13.9 Å². The third-order valence-electron chi connectivity index (χ3n) is 3.32. The Morgan fingerprint density at radius 3 is 2.41 bits per heavy atom. The summed E-state index contributed by atoms with van der Waals surface area (Å²) in [5, 5.41) is 5.48. The van der Waals surface area contributed by atoms with Gasteiger partial charge in [-0.3, -0.25) is 0 Å². The summed E-state index contributed by atoms with van der Waals surface area (Å²) in [5.41, 5.74) is 0.759. The Morgan fingerprint density at radius 1 is 1.14 bits per heavy atom. The average molecular weight is 302 g/mol. The number of ether oxygens (including phenoxy) is 1. The van der Waals surface area contributed by atoms with Crippen LogP contribution in [0.15, 0.2) is 48.5 Å². The standard InChI is InChI=1S/C17H19FN2O2/c1-17(2,12-7-9-15(22-3)10-8-12)20-16(21)19-14-6-4-5-13(18)11-14/h4-11H,1-3H3,(H2,19,20,21). The van der Waals surface area contributed by atoms with E-state index < -0.39 is 17.4 Å². The van der Waals surface area contributed by atoms with Crippen LogP contribution in [-0.4, -0.2) is 13.1 Å². The molecule has 0 fully saturated rings. The van der Waals surface area contributed by atoms with Crippen molar-refractivity contribution in [2.24, 2.45) is 0 Å². The number of carbonyl (C=O) groups is 1. The van der Waals surface area contributed by atoms with E-state index in [0.29, 0.717) is 5.69 Å².